The summed E-state index contributed by atoms with van der Waals surface area (Å²) in [5, 5.41) is 0. The topological polar surface area (TPSA) is 55.3 Å². The molecule has 1 unspecified atom stereocenters. The zero-order valence-corrected chi connectivity index (χ0v) is 9.02. The minimum atomic E-state index is 0.344. The van der Waals surface area contributed by atoms with Gasteiger partial charge in [0, 0.05) is 18.3 Å². The van der Waals surface area contributed by atoms with Gasteiger partial charge in [-0.1, -0.05) is 12.1 Å². The van der Waals surface area contributed by atoms with E-state index in [0.717, 1.165) is 18.8 Å². The quantitative estimate of drug-likeness (QED) is 0.733. The standard InChI is InChI=1S/C12H19N3/c13-9-12(15-6-1-2-7-15)10-4-3-5-11(14)8-10/h3-5,8,12H,1-2,6-7,9,13-14H2. The van der Waals surface area contributed by atoms with Crippen LogP contribution in [0.1, 0.15) is 24.4 Å². The molecule has 0 radical (unpaired) electrons. The van der Waals surface area contributed by atoms with Gasteiger partial charge in [-0.25, -0.2) is 0 Å². The van der Waals surface area contributed by atoms with E-state index in [4.69, 9.17) is 11.5 Å². The van der Waals surface area contributed by atoms with Crippen LogP contribution >= 0.6 is 0 Å². The number of nitrogens with two attached hydrogens (primary N) is 2. The van der Waals surface area contributed by atoms with Gasteiger partial charge in [-0.3, -0.25) is 4.90 Å². The summed E-state index contributed by atoms with van der Waals surface area (Å²) in [6.45, 7) is 3.00. The van der Waals surface area contributed by atoms with E-state index in [-0.39, 0.29) is 0 Å². The van der Waals surface area contributed by atoms with Crippen molar-refractivity contribution in [2.24, 2.45) is 5.73 Å². The van der Waals surface area contributed by atoms with Crippen molar-refractivity contribution in [3.05, 3.63) is 29.8 Å². The Bertz CT molecular complexity index is 318. The van der Waals surface area contributed by atoms with Gasteiger partial charge in [0.05, 0.1) is 0 Å². The van der Waals surface area contributed by atoms with Crippen LogP contribution in [0.2, 0.25) is 0 Å². The molecule has 0 amide bonds. The van der Waals surface area contributed by atoms with E-state index in [0.29, 0.717) is 12.6 Å². The Labute approximate surface area is 91.1 Å². The highest BCUT2D eigenvalue weighted by Crippen LogP contribution is 2.25. The molecular formula is C12H19N3. The molecule has 2 rings (SSSR count). The van der Waals surface area contributed by atoms with Crippen LogP contribution in [0, 0.1) is 0 Å². The van der Waals surface area contributed by atoms with Gasteiger partial charge in [-0.2, -0.15) is 0 Å². The zero-order chi connectivity index (χ0) is 10.7. The molecule has 0 saturated carbocycles. The van der Waals surface area contributed by atoms with Gasteiger partial charge in [-0.15, -0.1) is 0 Å². The summed E-state index contributed by atoms with van der Waals surface area (Å²) in [6.07, 6.45) is 2.58. The number of nitrogen functional groups attached to an aromatic ring is 1. The average molecular weight is 205 g/mol. The molecule has 1 heterocycles. The van der Waals surface area contributed by atoms with Crippen LogP contribution in [0.5, 0.6) is 0 Å². The summed E-state index contributed by atoms with van der Waals surface area (Å²) < 4.78 is 0. The Balaban J connectivity index is 2.18. The lowest BCUT2D eigenvalue weighted by Crippen LogP contribution is -2.31. The lowest BCUT2D eigenvalue weighted by molar-refractivity contribution is 0.251. The van der Waals surface area contributed by atoms with Crippen molar-refractivity contribution in [3.8, 4) is 0 Å². The summed E-state index contributed by atoms with van der Waals surface area (Å²) in [6, 6.07) is 8.42. The molecule has 0 spiro atoms. The monoisotopic (exact) mass is 205 g/mol. The molecule has 1 fully saturated rings. The van der Waals surface area contributed by atoms with E-state index in [2.05, 4.69) is 11.0 Å². The van der Waals surface area contributed by atoms with Gasteiger partial charge in [0.25, 0.3) is 0 Å². The van der Waals surface area contributed by atoms with Gasteiger partial charge in [-0.05, 0) is 43.6 Å². The number of benzene rings is 1. The van der Waals surface area contributed by atoms with Gasteiger partial charge >= 0.3 is 0 Å². The molecule has 0 bridgehead atoms. The summed E-state index contributed by atoms with van der Waals surface area (Å²) in [5.74, 6) is 0. The van der Waals surface area contributed by atoms with E-state index < -0.39 is 0 Å². The molecule has 1 aliphatic heterocycles. The molecule has 4 N–H and O–H groups in total. The first-order valence-electron chi connectivity index (χ1n) is 5.61. The Kier molecular flexibility index (Phi) is 3.23. The molecule has 82 valence electrons. The Morgan fingerprint density at radius 1 is 1.27 bits per heavy atom. The van der Waals surface area contributed by atoms with E-state index in [1.807, 2.05) is 18.2 Å². The predicted octanol–water partition coefficient (Wildman–Crippen LogP) is 1.36. The maximum atomic E-state index is 5.85. The maximum Gasteiger partial charge on any atom is 0.0471 e. The molecular weight excluding hydrogens is 186 g/mol. The number of nitrogens with zero attached hydrogens (tertiary/aromatic N) is 1. The van der Waals surface area contributed by atoms with Crippen molar-refractivity contribution >= 4 is 5.69 Å². The fourth-order valence-corrected chi connectivity index (χ4v) is 2.32. The lowest BCUT2D eigenvalue weighted by atomic mass is 10.1. The van der Waals surface area contributed by atoms with Gasteiger partial charge in [0.15, 0.2) is 0 Å². The molecule has 1 saturated heterocycles. The Morgan fingerprint density at radius 3 is 2.60 bits per heavy atom. The highest BCUT2D eigenvalue weighted by Gasteiger charge is 2.21. The summed E-state index contributed by atoms with van der Waals surface area (Å²) in [7, 11) is 0. The van der Waals surface area contributed by atoms with Crippen molar-refractivity contribution in [1.29, 1.82) is 0 Å². The summed E-state index contributed by atoms with van der Waals surface area (Å²) >= 11 is 0. The minimum Gasteiger partial charge on any atom is -0.399 e. The van der Waals surface area contributed by atoms with Gasteiger partial charge in [0.1, 0.15) is 0 Å². The van der Waals surface area contributed by atoms with E-state index in [1.54, 1.807) is 0 Å². The van der Waals surface area contributed by atoms with Crippen molar-refractivity contribution in [2.45, 2.75) is 18.9 Å². The molecule has 1 aromatic rings. The first-order chi connectivity index (χ1) is 7.31. The summed E-state index contributed by atoms with van der Waals surface area (Å²) in [4.78, 5) is 2.45. The smallest absolute Gasteiger partial charge is 0.0471 e. The number of likely N-dealkylation sites (tertiary alicyclic amines) is 1. The van der Waals surface area contributed by atoms with Crippen LogP contribution in [-0.4, -0.2) is 24.5 Å². The SMILES string of the molecule is NCC(c1cccc(N)c1)N1CCCC1. The molecule has 0 aromatic heterocycles. The fraction of sp³-hybridized carbons (Fsp3) is 0.500. The van der Waals surface area contributed by atoms with Crippen LogP contribution in [0.15, 0.2) is 24.3 Å². The Morgan fingerprint density at radius 2 is 2.00 bits per heavy atom. The van der Waals surface area contributed by atoms with Crippen LogP contribution in [-0.2, 0) is 0 Å². The predicted molar refractivity (Wildman–Crippen MR) is 63.5 cm³/mol. The lowest BCUT2D eigenvalue weighted by Gasteiger charge is -2.26. The zero-order valence-electron chi connectivity index (χ0n) is 9.02. The molecule has 3 nitrogen and oxygen atoms in total. The van der Waals surface area contributed by atoms with E-state index >= 15 is 0 Å². The van der Waals surface area contributed by atoms with E-state index in [1.165, 1.54) is 18.4 Å². The summed E-state index contributed by atoms with van der Waals surface area (Å²) in [5.41, 5.74) is 13.7. The number of rotatable bonds is 3. The number of anilines is 1. The number of hydrogen-bond acceptors (Lipinski definition) is 3. The number of hydrogen-bond donors (Lipinski definition) is 2. The fourth-order valence-electron chi connectivity index (χ4n) is 2.32. The van der Waals surface area contributed by atoms with Crippen LogP contribution in [0.4, 0.5) is 5.69 Å². The minimum absolute atomic E-state index is 0.344. The van der Waals surface area contributed by atoms with Crippen molar-refractivity contribution < 1.29 is 0 Å². The molecule has 1 aromatic carbocycles. The maximum absolute atomic E-state index is 5.85. The average Bonchev–Trinajstić information content (AvgIpc) is 2.72. The van der Waals surface area contributed by atoms with Crippen molar-refractivity contribution in [1.82, 2.24) is 4.90 Å². The second-order valence-electron chi connectivity index (χ2n) is 4.16. The van der Waals surface area contributed by atoms with Crippen LogP contribution in [0.25, 0.3) is 0 Å². The third-order valence-electron chi connectivity index (χ3n) is 3.10. The molecule has 3 heteroatoms. The van der Waals surface area contributed by atoms with Crippen molar-refractivity contribution in [3.63, 3.8) is 0 Å². The highest BCUT2D eigenvalue weighted by molar-refractivity contribution is 5.41. The largest absolute Gasteiger partial charge is 0.399 e. The second-order valence-corrected chi connectivity index (χ2v) is 4.16. The third-order valence-corrected chi connectivity index (χ3v) is 3.10. The third kappa shape index (κ3) is 2.30. The van der Waals surface area contributed by atoms with E-state index in [9.17, 15) is 0 Å². The highest BCUT2D eigenvalue weighted by atomic mass is 15.2. The molecule has 1 aliphatic rings. The first kappa shape index (κ1) is 10.5. The normalized spacial score (nSPS) is 19.3. The molecule has 1 atom stereocenters. The Hall–Kier alpha value is -1.06. The van der Waals surface area contributed by atoms with Crippen molar-refractivity contribution in [2.75, 3.05) is 25.4 Å². The van der Waals surface area contributed by atoms with Gasteiger partial charge < -0.3 is 11.5 Å². The molecule has 0 aliphatic carbocycles. The first-order valence-corrected chi connectivity index (χ1v) is 5.61. The van der Waals surface area contributed by atoms with Crippen LogP contribution < -0.4 is 11.5 Å². The second kappa shape index (κ2) is 4.64. The van der Waals surface area contributed by atoms with Crippen LogP contribution in [0.3, 0.4) is 0 Å². The molecule has 15 heavy (non-hydrogen) atoms. The van der Waals surface area contributed by atoms with Gasteiger partial charge in [0.2, 0.25) is 0 Å².